The summed E-state index contributed by atoms with van der Waals surface area (Å²) in [6.45, 7) is 0. The Morgan fingerprint density at radius 3 is 2.88 bits per heavy atom. The molecule has 94 valence electrons. The molecule has 1 aromatic heterocycles. The molecule has 0 amide bonds. The van der Waals surface area contributed by atoms with Crippen LogP contribution in [0.2, 0.25) is 0 Å². The minimum atomic E-state index is 0.643. The number of allylic oxidation sites excluding steroid dienone is 2. The number of halogens is 1. The van der Waals surface area contributed by atoms with Crippen LogP contribution < -0.4 is 0 Å². The lowest BCUT2D eigenvalue weighted by atomic mass is 9.96. The number of hydrogen-bond acceptors (Lipinski definition) is 1. The van der Waals surface area contributed by atoms with Crippen LogP contribution in [0, 0.1) is 0 Å². The maximum absolute atomic E-state index is 5.62. The lowest BCUT2D eigenvalue weighted by Crippen LogP contribution is -2.13. The van der Waals surface area contributed by atoms with Gasteiger partial charge in [-0.1, -0.05) is 31.4 Å². The normalized spacial score (nSPS) is 17.9. The van der Waals surface area contributed by atoms with Gasteiger partial charge in [-0.05, 0) is 25.3 Å². The summed E-state index contributed by atoms with van der Waals surface area (Å²) in [4.78, 5) is 0. The molecule has 0 radical (unpaired) electrons. The van der Waals surface area contributed by atoms with Crippen LogP contribution in [0.4, 0.5) is 0 Å². The summed E-state index contributed by atoms with van der Waals surface area (Å²) >= 11 is 5.62. The highest BCUT2D eigenvalue weighted by molar-refractivity contribution is 6.17. The summed E-state index contributed by atoms with van der Waals surface area (Å²) in [6.07, 6.45) is 15.0. The van der Waals surface area contributed by atoms with E-state index < -0.39 is 0 Å². The van der Waals surface area contributed by atoms with Crippen LogP contribution in [-0.2, 0) is 6.42 Å². The van der Waals surface area contributed by atoms with Crippen LogP contribution in [0.15, 0.2) is 24.4 Å². The second-order valence-electron chi connectivity index (χ2n) is 4.73. The standard InChI is InChI=1S/C14H21ClN2/c15-11-6-2-3-7-13-10-12-17(16-13)14-8-4-1-5-9-14/h2-3,10,12,14H,1,4-9,11H2. The molecule has 1 fully saturated rings. The van der Waals surface area contributed by atoms with Gasteiger partial charge in [0.1, 0.15) is 0 Å². The third kappa shape index (κ3) is 3.88. The molecule has 1 aliphatic rings. The lowest BCUT2D eigenvalue weighted by molar-refractivity contribution is 0.328. The SMILES string of the molecule is ClCCC=CCc1ccn(C2CCCCC2)n1. The van der Waals surface area contributed by atoms with E-state index in [0.29, 0.717) is 11.9 Å². The lowest BCUT2D eigenvalue weighted by Gasteiger charge is -2.21. The van der Waals surface area contributed by atoms with Gasteiger partial charge in [0.15, 0.2) is 0 Å². The molecule has 17 heavy (non-hydrogen) atoms. The summed E-state index contributed by atoms with van der Waals surface area (Å²) < 4.78 is 2.17. The zero-order chi connectivity index (χ0) is 11.9. The predicted octanol–water partition coefficient (Wildman–Crippen LogP) is 4.12. The Balaban J connectivity index is 1.86. The van der Waals surface area contributed by atoms with Crippen molar-refractivity contribution in [3.8, 4) is 0 Å². The highest BCUT2D eigenvalue weighted by atomic mass is 35.5. The molecule has 2 rings (SSSR count). The van der Waals surface area contributed by atoms with Crippen LogP contribution in [-0.4, -0.2) is 15.7 Å². The molecule has 1 aromatic rings. The van der Waals surface area contributed by atoms with Crippen molar-refractivity contribution in [3.05, 3.63) is 30.1 Å². The first-order valence-corrected chi connectivity index (χ1v) is 7.18. The number of nitrogens with zero attached hydrogens (tertiary/aromatic N) is 2. The molecule has 0 saturated heterocycles. The molecular weight excluding hydrogens is 232 g/mol. The number of rotatable bonds is 5. The zero-order valence-corrected chi connectivity index (χ0v) is 11.1. The van der Waals surface area contributed by atoms with Gasteiger partial charge in [-0.2, -0.15) is 5.10 Å². The Bertz CT molecular complexity index is 351. The van der Waals surface area contributed by atoms with Crippen LogP contribution in [0.5, 0.6) is 0 Å². The quantitative estimate of drug-likeness (QED) is 0.570. The molecule has 0 N–H and O–H groups in total. The third-order valence-corrected chi connectivity index (χ3v) is 3.60. The topological polar surface area (TPSA) is 17.8 Å². The fourth-order valence-electron chi connectivity index (χ4n) is 2.42. The Morgan fingerprint density at radius 1 is 1.29 bits per heavy atom. The maximum Gasteiger partial charge on any atom is 0.0662 e. The Morgan fingerprint density at radius 2 is 2.12 bits per heavy atom. The van der Waals surface area contributed by atoms with Gasteiger partial charge in [-0.15, -0.1) is 11.6 Å². The molecule has 1 saturated carbocycles. The van der Waals surface area contributed by atoms with E-state index in [2.05, 4.69) is 34.2 Å². The largest absolute Gasteiger partial charge is 0.269 e. The maximum atomic E-state index is 5.62. The van der Waals surface area contributed by atoms with E-state index in [4.69, 9.17) is 11.6 Å². The van der Waals surface area contributed by atoms with Crippen molar-refractivity contribution in [2.45, 2.75) is 51.0 Å². The van der Waals surface area contributed by atoms with E-state index in [9.17, 15) is 0 Å². The van der Waals surface area contributed by atoms with Crippen molar-refractivity contribution >= 4 is 11.6 Å². The van der Waals surface area contributed by atoms with Gasteiger partial charge in [-0.3, -0.25) is 4.68 Å². The molecular formula is C14H21ClN2. The number of hydrogen-bond donors (Lipinski definition) is 0. The molecule has 0 unspecified atom stereocenters. The van der Waals surface area contributed by atoms with E-state index in [1.165, 1.54) is 37.8 Å². The van der Waals surface area contributed by atoms with Gasteiger partial charge in [0.25, 0.3) is 0 Å². The molecule has 0 bridgehead atoms. The Labute approximate surface area is 109 Å². The van der Waals surface area contributed by atoms with E-state index >= 15 is 0 Å². The van der Waals surface area contributed by atoms with Crippen LogP contribution in [0.1, 0.15) is 50.3 Å². The van der Waals surface area contributed by atoms with Crippen molar-refractivity contribution in [2.75, 3.05) is 5.88 Å². The molecule has 0 aliphatic heterocycles. The molecule has 3 heteroatoms. The molecule has 0 spiro atoms. The van der Waals surface area contributed by atoms with Gasteiger partial charge in [0.2, 0.25) is 0 Å². The summed E-state index contributed by atoms with van der Waals surface area (Å²) in [5.74, 6) is 0.701. The second kappa shape index (κ2) is 6.85. The molecule has 2 nitrogen and oxygen atoms in total. The van der Waals surface area contributed by atoms with Crippen LogP contribution in [0.25, 0.3) is 0 Å². The fourth-order valence-corrected chi connectivity index (χ4v) is 2.55. The van der Waals surface area contributed by atoms with Gasteiger partial charge < -0.3 is 0 Å². The number of alkyl halides is 1. The van der Waals surface area contributed by atoms with Crippen molar-refractivity contribution in [3.63, 3.8) is 0 Å². The highest BCUT2D eigenvalue weighted by Gasteiger charge is 2.15. The zero-order valence-electron chi connectivity index (χ0n) is 10.3. The van der Waals surface area contributed by atoms with Crippen molar-refractivity contribution < 1.29 is 0 Å². The first-order chi connectivity index (χ1) is 8.40. The molecule has 1 aliphatic carbocycles. The van der Waals surface area contributed by atoms with Crippen LogP contribution >= 0.6 is 11.6 Å². The van der Waals surface area contributed by atoms with Gasteiger partial charge >= 0.3 is 0 Å². The summed E-state index contributed by atoms with van der Waals surface area (Å²) in [5.41, 5.74) is 1.17. The average Bonchev–Trinajstić information content (AvgIpc) is 2.85. The Kier molecular flexibility index (Phi) is 5.11. The summed E-state index contributed by atoms with van der Waals surface area (Å²) in [7, 11) is 0. The summed E-state index contributed by atoms with van der Waals surface area (Å²) in [5, 5.41) is 4.66. The van der Waals surface area contributed by atoms with Gasteiger partial charge in [-0.25, -0.2) is 0 Å². The minimum Gasteiger partial charge on any atom is -0.269 e. The van der Waals surface area contributed by atoms with Gasteiger partial charge in [0.05, 0.1) is 11.7 Å². The molecule has 0 atom stereocenters. The minimum absolute atomic E-state index is 0.643. The first-order valence-electron chi connectivity index (χ1n) is 6.65. The van der Waals surface area contributed by atoms with Gasteiger partial charge in [0, 0.05) is 18.5 Å². The monoisotopic (exact) mass is 252 g/mol. The van der Waals surface area contributed by atoms with Crippen molar-refractivity contribution in [1.29, 1.82) is 0 Å². The summed E-state index contributed by atoms with van der Waals surface area (Å²) in [6, 6.07) is 2.78. The Hall–Kier alpha value is -0.760. The van der Waals surface area contributed by atoms with Crippen LogP contribution in [0.3, 0.4) is 0 Å². The van der Waals surface area contributed by atoms with Crippen molar-refractivity contribution in [1.82, 2.24) is 9.78 Å². The van der Waals surface area contributed by atoms with E-state index in [0.717, 1.165) is 12.8 Å². The third-order valence-electron chi connectivity index (χ3n) is 3.38. The predicted molar refractivity (Wildman–Crippen MR) is 72.5 cm³/mol. The number of aromatic nitrogens is 2. The molecule has 1 heterocycles. The smallest absolute Gasteiger partial charge is 0.0662 e. The van der Waals surface area contributed by atoms with Crippen molar-refractivity contribution in [2.24, 2.45) is 0 Å². The fraction of sp³-hybridized carbons (Fsp3) is 0.643. The second-order valence-corrected chi connectivity index (χ2v) is 5.11. The highest BCUT2D eigenvalue weighted by Crippen LogP contribution is 2.27. The average molecular weight is 253 g/mol. The molecule has 0 aromatic carbocycles. The first kappa shape index (κ1) is 12.7. The van der Waals surface area contributed by atoms with E-state index in [-0.39, 0.29) is 0 Å². The van der Waals surface area contributed by atoms with E-state index in [1.54, 1.807) is 0 Å². The van der Waals surface area contributed by atoms with E-state index in [1.807, 2.05) is 0 Å².